The minimum Gasteiger partial charge on any atom is -0.368 e. The van der Waals surface area contributed by atoms with Gasteiger partial charge in [-0.15, -0.1) is 11.3 Å². The number of aldehydes is 1. The van der Waals surface area contributed by atoms with E-state index in [1.54, 1.807) is 11.3 Å². The molecule has 0 radical (unpaired) electrons. The summed E-state index contributed by atoms with van der Waals surface area (Å²) >= 11 is 1.61. The Hall–Kier alpha value is -0.940. The fourth-order valence-corrected chi connectivity index (χ4v) is 1.97. The monoisotopic (exact) mass is 213 g/mol. The highest BCUT2D eigenvalue weighted by molar-refractivity contribution is 7.15. The highest BCUT2D eigenvalue weighted by Crippen LogP contribution is 2.21. The van der Waals surface area contributed by atoms with Gasteiger partial charge >= 0.3 is 0 Å². The molecule has 78 valence electrons. The number of nitrogens with two attached hydrogens (primary N) is 1. The van der Waals surface area contributed by atoms with Crippen molar-refractivity contribution in [3.63, 3.8) is 0 Å². The molecule has 0 aliphatic rings. The Morgan fingerprint density at radius 1 is 1.71 bits per heavy atom. The average molecular weight is 213 g/mol. The first-order chi connectivity index (χ1) is 6.63. The minimum atomic E-state index is -0.103. The number of carbonyl (C=O) groups excluding carboxylic acids is 1. The van der Waals surface area contributed by atoms with Gasteiger partial charge in [0.05, 0.1) is 11.2 Å². The lowest BCUT2D eigenvalue weighted by atomic mass is 10.2. The van der Waals surface area contributed by atoms with Crippen LogP contribution in [0, 0.1) is 0 Å². The lowest BCUT2D eigenvalue weighted by Gasteiger charge is -2.07. The Balaban J connectivity index is 2.55. The Morgan fingerprint density at radius 2 is 2.43 bits per heavy atom. The van der Waals surface area contributed by atoms with E-state index in [0.717, 1.165) is 16.3 Å². The second-order valence-electron chi connectivity index (χ2n) is 3.35. The molecule has 14 heavy (non-hydrogen) atoms. The van der Waals surface area contributed by atoms with E-state index in [1.165, 1.54) is 0 Å². The van der Waals surface area contributed by atoms with Gasteiger partial charge in [-0.25, -0.2) is 4.98 Å². The van der Waals surface area contributed by atoms with Crippen LogP contribution in [0.4, 0.5) is 5.00 Å². The average Bonchev–Trinajstić information content (AvgIpc) is 2.53. The summed E-state index contributed by atoms with van der Waals surface area (Å²) in [6.07, 6.45) is 3.76. The number of anilines is 1. The summed E-state index contributed by atoms with van der Waals surface area (Å²) in [5.41, 5.74) is 5.72. The fraction of sp³-hybridized carbons (Fsp3) is 0.556. The zero-order valence-electron chi connectivity index (χ0n) is 8.43. The third-order valence-corrected chi connectivity index (χ3v) is 3.01. The lowest BCUT2D eigenvalue weighted by Crippen LogP contribution is -2.22. The van der Waals surface area contributed by atoms with Crippen molar-refractivity contribution in [1.82, 2.24) is 4.98 Å². The minimum absolute atomic E-state index is 0.103. The zero-order valence-corrected chi connectivity index (χ0v) is 9.25. The normalized spacial score (nSPS) is 12.5. The zero-order chi connectivity index (χ0) is 10.6. The maximum atomic E-state index is 10.2. The molecule has 0 aliphatic heterocycles. The van der Waals surface area contributed by atoms with Crippen molar-refractivity contribution in [2.75, 3.05) is 19.0 Å². The Kier molecular flexibility index (Phi) is 4.03. The molecule has 0 saturated carbocycles. The van der Waals surface area contributed by atoms with Gasteiger partial charge in [0.2, 0.25) is 0 Å². The smallest absolute Gasteiger partial charge is 0.121 e. The molecule has 0 aliphatic carbocycles. The van der Waals surface area contributed by atoms with E-state index in [1.807, 2.05) is 25.2 Å². The Morgan fingerprint density at radius 3 is 2.93 bits per heavy atom. The molecule has 4 nitrogen and oxygen atoms in total. The van der Waals surface area contributed by atoms with Crippen LogP contribution in [0.1, 0.15) is 11.4 Å². The number of aromatic nitrogens is 1. The van der Waals surface area contributed by atoms with E-state index in [9.17, 15) is 4.79 Å². The molecule has 0 aromatic carbocycles. The van der Waals surface area contributed by atoms with E-state index in [2.05, 4.69) is 4.98 Å². The highest BCUT2D eigenvalue weighted by atomic mass is 32.1. The summed E-state index contributed by atoms with van der Waals surface area (Å²) in [4.78, 5) is 16.5. The quantitative estimate of drug-likeness (QED) is 0.730. The summed E-state index contributed by atoms with van der Waals surface area (Å²) in [6.45, 7) is 0. The van der Waals surface area contributed by atoms with Crippen LogP contribution in [0.15, 0.2) is 6.20 Å². The van der Waals surface area contributed by atoms with E-state index >= 15 is 0 Å². The van der Waals surface area contributed by atoms with Gasteiger partial charge in [0.25, 0.3) is 0 Å². The van der Waals surface area contributed by atoms with Gasteiger partial charge in [-0.3, -0.25) is 0 Å². The fourth-order valence-electron chi connectivity index (χ4n) is 1.03. The van der Waals surface area contributed by atoms with Gasteiger partial charge in [-0.1, -0.05) is 0 Å². The topological polar surface area (TPSA) is 59.2 Å². The predicted molar refractivity (Wildman–Crippen MR) is 58.8 cm³/mol. The molecule has 1 aromatic rings. The first kappa shape index (κ1) is 11.1. The first-order valence-corrected chi connectivity index (χ1v) is 5.26. The van der Waals surface area contributed by atoms with Crippen molar-refractivity contribution >= 4 is 22.6 Å². The molecule has 0 unspecified atom stereocenters. The van der Waals surface area contributed by atoms with Crippen molar-refractivity contribution in [2.45, 2.75) is 18.9 Å². The van der Waals surface area contributed by atoms with Crippen LogP contribution < -0.4 is 10.6 Å². The summed E-state index contributed by atoms with van der Waals surface area (Å²) in [5.74, 6) is 0. The van der Waals surface area contributed by atoms with Gasteiger partial charge in [-0.05, 0) is 0 Å². The van der Waals surface area contributed by atoms with Gasteiger partial charge in [0.15, 0.2) is 0 Å². The predicted octanol–water partition coefficient (Wildman–Crippen LogP) is 0.668. The van der Waals surface area contributed by atoms with Crippen molar-refractivity contribution in [3.05, 3.63) is 11.2 Å². The molecule has 0 fully saturated rings. The Labute approximate surface area is 87.7 Å². The molecule has 1 rings (SSSR count). The number of rotatable bonds is 5. The molecule has 2 N–H and O–H groups in total. The van der Waals surface area contributed by atoms with Crippen LogP contribution in [-0.2, 0) is 11.2 Å². The molecule has 1 atom stereocenters. The van der Waals surface area contributed by atoms with Crippen LogP contribution in [0.2, 0.25) is 0 Å². The maximum absolute atomic E-state index is 10.2. The van der Waals surface area contributed by atoms with Crippen LogP contribution in [0.25, 0.3) is 0 Å². The number of thiazole rings is 1. The number of nitrogens with zero attached hydrogens (tertiary/aromatic N) is 2. The standard InChI is InChI=1S/C9H15N3OS/c1-12(2)9-6-11-8(14-9)5-7(10)3-4-13/h4,6-7H,3,5,10H2,1-2H3/t7-/m1/s1. The summed E-state index contributed by atoms with van der Waals surface area (Å²) in [5, 5.41) is 2.10. The van der Waals surface area contributed by atoms with Crippen LogP contribution >= 0.6 is 11.3 Å². The van der Waals surface area contributed by atoms with E-state index < -0.39 is 0 Å². The summed E-state index contributed by atoms with van der Waals surface area (Å²) in [7, 11) is 3.95. The molecule has 0 spiro atoms. The van der Waals surface area contributed by atoms with Gasteiger partial charge in [-0.2, -0.15) is 0 Å². The molecule has 0 amide bonds. The molecule has 5 heteroatoms. The number of hydrogen-bond acceptors (Lipinski definition) is 5. The highest BCUT2D eigenvalue weighted by Gasteiger charge is 2.08. The van der Waals surface area contributed by atoms with Gasteiger partial charge < -0.3 is 15.4 Å². The van der Waals surface area contributed by atoms with Crippen molar-refractivity contribution in [2.24, 2.45) is 5.73 Å². The molecular weight excluding hydrogens is 198 g/mol. The number of carbonyl (C=O) groups is 1. The lowest BCUT2D eigenvalue weighted by molar-refractivity contribution is -0.108. The first-order valence-electron chi connectivity index (χ1n) is 4.44. The van der Waals surface area contributed by atoms with Crippen molar-refractivity contribution < 1.29 is 4.79 Å². The Bertz CT molecular complexity index is 298. The van der Waals surface area contributed by atoms with Crippen LogP contribution in [-0.4, -0.2) is 31.4 Å². The van der Waals surface area contributed by atoms with Crippen molar-refractivity contribution in [3.8, 4) is 0 Å². The SMILES string of the molecule is CN(C)c1cnc(C[C@H](N)CC=O)s1. The molecule has 0 saturated heterocycles. The third-order valence-electron chi connectivity index (χ3n) is 1.82. The van der Waals surface area contributed by atoms with Crippen LogP contribution in [0.3, 0.4) is 0 Å². The molecular formula is C9H15N3OS. The van der Waals surface area contributed by atoms with Crippen LogP contribution in [0.5, 0.6) is 0 Å². The summed E-state index contributed by atoms with van der Waals surface area (Å²) in [6, 6.07) is -0.103. The van der Waals surface area contributed by atoms with E-state index in [0.29, 0.717) is 12.8 Å². The van der Waals surface area contributed by atoms with Crippen molar-refractivity contribution in [1.29, 1.82) is 0 Å². The number of hydrogen-bond donors (Lipinski definition) is 1. The molecule has 1 heterocycles. The molecule has 0 bridgehead atoms. The van der Waals surface area contributed by atoms with Gasteiger partial charge in [0.1, 0.15) is 11.3 Å². The summed E-state index contributed by atoms with van der Waals surface area (Å²) < 4.78 is 0. The maximum Gasteiger partial charge on any atom is 0.121 e. The molecule has 1 aromatic heterocycles. The van der Waals surface area contributed by atoms with E-state index in [-0.39, 0.29) is 6.04 Å². The van der Waals surface area contributed by atoms with E-state index in [4.69, 9.17) is 5.73 Å². The second kappa shape index (κ2) is 5.07. The third kappa shape index (κ3) is 3.08. The van der Waals surface area contributed by atoms with Gasteiger partial charge in [0, 0.05) is 33.0 Å². The second-order valence-corrected chi connectivity index (χ2v) is 4.45. The largest absolute Gasteiger partial charge is 0.368 e.